The summed E-state index contributed by atoms with van der Waals surface area (Å²) >= 11 is 0. The van der Waals surface area contributed by atoms with Gasteiger partial charge in [-0.05, 0) is 32.4 Å². The van der Waals surface area contributed by atoms with Crippen LogP contribution in [0.4, 0.5) is 0 Å². The van der Waals surface area contributed by atoms with E-state index in [9.17, 15) is 0 Å². The summed E-state index contributed by atoms with van der Waals surface area (Å²) in [7, 11) is 0. The Labute approximate surface area is 127 Å². The lowest BCUT2D eigenvalue weighted by Gasteiger charge is -2.04. The first-order valence-corrected chi connectivity index (χ1v) is 9.23. The smallest absolute Gasteiger partial charge is 0.0431 e. The topological polar surface area (TPSA) is 32.3 Å². The first kappa shape index (κ1) is 19.9. The Morgan fingerprint density at radius 2 is 0.950 bits per heavy atom. The normalized spacial score (nSPS) is 11.1. The zero-order valence-electron chi connectivity index (χ0n) is 14.0. The summed E-state index contributed by atoms with van der Waals surface area (Å²) in [6, 6.07) is 0. The van der Waals surface area contributed by atoms with Gasteiger partial charge in [0.1, 0.15) is 0 Å². The second kappa shape index (κ2) is 18.9. The highest BCUT2D eigenvalue weighted by molar-refractivity contribution is 4.51. The summed E-state index contributed by atoms with van der Waals surface area (Å²) in [5.74, 6) is 0. The van der Waals surface area contributed by atoms with E-state index in [0.717, 1.165) is 6.42 Å². The summed E-state index contributed by atoms with van der Waals surface area (Å²) in [6.07, 6.45) is 18.8. The molecule has 0 aromatic heterocycles. The quantitative estimate of drug-likeness (QED) is 0.367. The number of aliphatic hydroxyl groups is 1. The van der Waals surface area contributed by atoms with Crippen molar-refractivity contribution < 1.29 is 5.11 Å². The first-order valence-electron chi connectivity index (χ1n) is 9.23. The zero-order chi connectivity index (χ0) is 14.7. The average molecular weight is 286 g/mol. The molecule has 2 nitrogen and oxygen atoms in total. The van der Waals surface area contributed by atoms with Gasteiger partial charge in [-0.2, -0.15) is 0 Å². The third-order valence-electron chi connectivity index (χ3n) is 3.97. The van der Waals surface area contributed by atoms with E-state index in [0.29, 0.717) is 6.61 Å². The molecule has 0 heterocycles. The molecule has 0 aromatic rings. The van der Waals surface area contributed by atoms with Crippen molar-refractivity contribution in [1.82, 2.24) is 5.32 Å². The monoisotopic (exact) mass is 285 g/mol. The molecule has 2 N–H and O–H groups in total. The highest BCUT2D eigenvalue weighted by Crippen LogP contribution is 2.11. The van der Waals surface area contributed by atoms with Gasteiger partial charge in [-0.15, -0.1) is 0 Å². The number of aliphatic hydroxyl groups excluding tert-OH is 1. The van der Waals surface area contributed by atoms with Crippen LogP contribution < -0.4 is 5.32 Å². The predicted octanol–water partition coefficient (Wildman–Crippen LogP) is 5.05. The minimum Gasteiger partial charge on any atom is -0.396 e. The van der Waals surface area contributed by atoms with Gasteiger partial charge < -0.3 is 10.4 Å². The Morgan fingerprint density at radius 3 is 1.40 bits per heavy atom. The average Bonchev–Trinajstić information content (AvgIpc) is 2.47. The minimum atomic E-state index is 0.369. The van der Waals surface area contributed by atoms with Crippen LogP contribution in [0, 0.1) is 0 Å². The maximum atomic E-state index is 8.68. The lowest BCUT2D eigenvalue weighted by Crippen LogP contribution is -2.16. The molecule has 0 atom stereocenters. The van der Waals surface area contributed by atoms with Crippen LogP contribution in [0.25, 0.3) is 0 Å². The van der Waals surface area contributed by atoms with Crippen LogP contribution in [0.1, 0.15) is 96.8 Å². The largest absolute Gasteiger partial charge is 0.396 e. The molecule has 0 bridgehead atoms. The molecular weight excluding hydrogens is 246 g/mol. The third kappa shape index (κ3) is 17.9. The molecule has 0 aliphatic carbocycles. The van der Waals surface area contributed by atoms with Gasteiger partial charge in [-0.3, -0.25) is 0 Å². The van der Waals surface area contributed by atoms with Crippen molar-refractivity contribution in [2.24, 2.45) is 0 Å². The molecule has 0 fully saturated rings. The molecule has 0 aliphatic heterocycles. The maximum absolute atomic E-state index is 8.68. The van der Waals surface area contributed by atoms with Gasteiger partial charge in [0.2, 0.25) is 0 Å². The SMILES string of the molecule is CCCCNCCCCCCCCCCCCCCO. The summed E-state index contributed by atoms with van der Waals surface area (Å²) in [5, 5.41) is 12.2. The van der Waals surface area contributed by atoms with E-state index >= 15 is 0 Å². The van der Waals surface area contributed by atoms with Crippen LogP contribution in [0.2, 0.25) is 0 Å². The zero-order valence-corrected chi connectivity index (χ0v) is 14.0. The van der Waals surface area contributed by atoms with Crippen molar-refractivity contribution >= 4 is 0 Å². The number of nitrogens with one attached hydrogen (secondary N) is 1. The number of hydrogen-bond donors (Lipinski definition) is 2. The van der Waals surface area contributed by atoms with E-state index in [4.69, 9.17) is 5.11 Å². The molecule has 0 saturated carbocycles. The van der Waals surface area contributed by atoms with Gasteiger partial charge in [-0.25, -0.2) is 0 Å². The van der Waals surface area contributed by atoms with Gasteiger partial charge in [0, 0.05) is 6.61 Å². The molecular formula is C18H39NO. The predicted molar refractivity (Wildman–Crippen MR) is 90.3 cm³/mol. The first-order chi connectivity index (χ1) is 9.91. The molecule has 2 heteroatoms. The van der Waals surface area contributed by atoms with Crippen molar-refractivity contribution in [2.45, 2.75) is 96.8 Å². The van der Waals surface area contributed by atoms with E-state index in [-0.39, 0.29) is 0 Å². The molecule has 0 amide bonds. The lowest BCUT2D eigenvalue weighted by atomic mass is 10.1. The highest BCUT2D eigenvalue weighted by atomic mass is 16.2. The van der Waals surface area contributed by atoms with Crippen molar-refractivity contribution in [3.8, 4) is 0 Å². The number of rotatable bonds is 17. The van der Waals surface area contributed by atoms with E-state index in [2.05, 4.69) is 12.2 Å². The van der Waals surface area contributed by atoms with Crippen molar-refractivity contribution in [3.63, 3.8) is 0 Å². The van der Waals surface area contributed by atoms with Crippen molar-refractivity contribution in [2.75, 3.05) is 19.7 Å². The van der Waals surface area contributed by atoms with Crippen LogP contribution >= 0.6 is 0 Å². The van der Waals surface area contributed by atoms with E-state index in [1.54, 1.807) is 0 Å². The second-order valence-corrected chi connectivity index (χ2v) is 6.07. The molecule has 0 spiro atoms. The van der Waals surface area contributed by atoms with E-state index in [1.807, 2.05) is 0 Å². The van der Waals surface area contributed by atoms with Crippen LogP contribution in [0.3, 0.4) is 0 Å². The number of unbranched alkanes of at least 4 members (excludes halogenated alkanes) is 12. The third-order valence-corrected chi connectivity index (χ3v) is 3.97. The van der Waals surface area contributed by atoms with Gasteiger partial charge in [0.05, 0.1) is 0 Å². The highest BCUT2D eigenvalue weighted by Gasteiger charge is 1.94. The fourth-order valence-corrected chi connectivity index (χ4v) is 2.56. The molecule has 0 rings (SSSR count). The maximum Gasteiger partial charge on any atom is 0.0431 e. The van der Waals surface area contributed by atoms with Crippen LogP contribution in [0.5, 0.6) is 0 Å². The Hall–Kier alpha value is -0.0800. The fourth-order valence-electron chi connectivity index (χ4n) is 2.56. The van der Waals surface area contributed by atoms with E-state index in [1.165, 1.54) is 96.6 Å². The second-order valence-electron chi connectivity index (χ2n) is 6.07. The fraction of sp³-hybridized carbons (Fsp3) is 1.00. The summed E-state index contributed by atoms with van der Waals surface area (Å²) < 4.78 is 0. The van der Waals surface area contributed by atoms with Gasteiger partial charge in [-0.1, -0.05) is 77.6 Å². The molecule has 0 aromatic carbocycles. The summed E-state index contributed by atoms with van der Waals surface area (Å²) in [5.41, 5.74) is 0. The summed E-state index contributed by atoms with van der Waals surface area (Å²) in [4.78, 5) is 0. The molecule has 20 heavy (non-hydrogen) atoms. The Bertz CT molecular complexity index is 143. The summed E-state index contributed by atoms with van der Waals surface area (Å²) in [6.45, 7) is 5.04. The Morgan fingerprint density at radius 1 is 0.550 bits per heavy atom. The standard InChI is InChI=1S/C18H39NO/c1-2-3-16-19-17-14-12-10-8-6-4-5-7-9-11-13-15-18-20/h19-20H,2-18H2,1H3. The molecule has 0 saturated heterocycles. The van der Waals surface area contributed by atoms with Crippen LogP contribution in [0.15, 0.2) is 0 Å². The van der Waals surface area contributed by atoms with Gasteiger partial charge in [0.15, 0.2) is 0 Å². The van der Waals surface area contributed by atoms with Crippen LogP contribution in [-0.2, 0) is 0 Å². The van der Waals surface area contributed by atoms with Crippen molar-refractivity contribution in [1.29, 1.82) is 0 Å². The minimum absolute atomic E-state index is 0.369. The van der Waals surface area contributed by atoms with Crippen LogP contribution in [-0.4, -0.2) is 24.8 Å². The molecule has 0 unspecified atom stereocenters. The molecule has 0 aliphatic rings. The molecule has 122 valence electrons. The van der Waals surface area contributed by atoms with Crippen molar-refractivity contribution in [3.05, 3.63) is 0 Å². The Kier molecular flexibility index (Phi) is 18.8. The van der Waals surface area contributed by atoms with Gasteiger partial charge >= 0.3 is 0 Å². The lowest BCUT2D eigenvalue weighted by molar-refractivity contribution is 0.282. The van der Waals surface area contributed by atoms with Gasteiger partial charge in [0.25, 0.3) is 0 Å². The molecule has 0 radical (unpaired) electrons. The van der Waals surface area contributed by atoms with E-state index < -0.39 is 0 Å². The Balaban J connectivity index is 2.89. The number of hydrogen-bond acceptors (Lipinski definition) is 2.